The second kappa shape index (κ2) is 10.5. The number of aromatic amines is 1. The van der Waals surface area contributed by atoms with Crippen LogP contribution in [0.1, 0.15) is 17.2 Å². The molecule has 7 heterocycles. The molecular weight excluding hydrogens is 657 g/mol. The molecule has 2 unspecified atom stereocenters. The number of nitrogens with two attached hydrogens (primary N) is 2. The minimum Gasteiger partial charge on any atom is -0.387 e. The van der Waals surface area contributed by atoms with Gasteiger partial charge < -0.3 is 40.4 Å². The summed E-state index contributed by atoms with van der Waals surface area (Å²) in [5.74, 6) is -0.301. The summed E-state index contributed by atoms with van der Waals surface area (Å²) in [6.45, 7) is -1.74. The number of alkyl halides is 1. The molecule has 0 spiro atoms. The standard InChI is InChI=1S/C19H21FN10O11P2S/c20-6-11(14-7-8(28-44-14)15(21)24-3-23-7)39-5-2-38-43(35,36)41-12-10(31)4(1-37-42(33,34)13(5)6)40-18(12)30-16-9(27-29-30)17(32)26-19(22)25-16/h3-6,10-13,18,31H,1-2H2,(H,33,34)(H,35,36)(H2,21,23,24)(H3,22,25,26,32)/t4-,5-,6+,10-,11-,12-,13-,18-/m1/s1. The molecule has 44 heavy (non-hydrogen) atoms. The first-order valence-electron chi connectivity index (χ1n) is 12.6. The molecule has 0 aromatic carbocycles. The van der Waals surface area contributed by atoms with E-state index in [1.165, 1.54) is 0 Å². The first-order valence-corrected chi connectivity index (χ1v) is 16.5. The van der Waals surface area contributed by atoms with Crippen molar-refractivity contribution < 1.29 is 51.5 Å². The highest BCUT2D eigenvalue weighted by Gasteiger charge is 2.58. The first-order chi connectivity index (χ1) is 20.8. The van der Waals surface area contributed by atoms with Gasteiger partial charge in [-0.1, -0.05) is 5.21 Å². The third kappa shape index (κ3) is 4.81. The number of nitrogen functional groups attached to an aromatic ring is 2. The van der Waals surface area contributed by atoms with E-state index in [4.69, 9.17) is 34.5 Å². The normalized spacial score (nSPS) is 38.0. The number of H-pyrrole nitrogens is 1. The van der Waals surface area contributed by atoms with Crippen molar-refractivity contribution in [2.75, 3.05) is 24.7 Å². The van der Waals surface area contributed by atoms with Crippen molar-refractivity contribution in [2.45, 2.75) is 48.6 Å². The van der Waals surface area contributed by atoms with Gasteiger partial charge in [0.05, 0.1) is 24.2 Å². The lowest BCUT2D eigenvalue weighted by atomic mass is 10.1. The molecule has 0 amide bonds. The molecule has 4 aromatic rings. The summed E-state index contributed by atoms with van der Waals surface area (Å²) in [6.07, 6.45) is -10.9. The van der Waals surface area contributed by atoms with Gasteiger partial charge in [0.1, 0.15) is 53.6 Å². The lowest BCUT2D eigenvalue weighted by molar-refractivity contribution is -0.0557. The zero-order valence-corrected chi connectivity index (χ0v) is 24.3. The topological polar surface area (TPSA) is 308 Å². The minimum absolute atomic E-state index is 0.0205. The Hall–Kier alpha value is -3.08. The van der Waals surface area contributed by atoms with Crippen molar-refractivity contribution >= 4 is 60.9 Å². The highest BCUT2D eigenvalue weighted by atomic mass is 32.1. The van der Waals surface area contributed by atoms with E-state index in [-0.39, 0.29) is 38.8 Å². The van der Waals surface area contributed by atoms with Crippen molar-refractivity contribution in [3.05, 3.63) is 21.6 Å². The summed E-state index contributed by atoms with van der Waals surface area (Å²) in [6, 6.07) is 0. The molecule has 4 aromatic heterocycles. The highest BCUT2D eigenvalue weighted by Crippen LogP contribution is 2.60. The molecule has 0 aliphatic carbocycles. The monoisotopic (exact) mass is 678 g/mol. The summed E-state index contributed by atoms with van der Waals surface area (Å²) >= 11 is 0.780. The van der Waals surface area contributed by atoms with Crippen LogP contribution in [0.4, 0.5) is 16.2 Å². The van der Waals surface area contributed by atoms with Crippen LogP contribution in [-0.2, 0) is 32.2 Å². The number of rotatable bonds is 2. The van der Waals surface area contributed by atoms with Crippen molar-refractivity contribution in [1.82, 2.24) is 39.3 Å². The van der Waals surface area contributed by atoms with Crippen LogP contribution in [0.5, 0.6) is 0 Å². The Labute approximate surface area is 246 Å². The van der Waals surface area contributed by atoms with Crippen molar-refractivity contribution in [3.63, 3.8) is 0 Å². The molecule has 25 heteroatoms. The second-order valence-electron chi connectivity index (χ2n) is 9.94. The van der Waals surface area contributed by atoms with E-state index in [1.54, 1.807) is 0 Å². The number of aliphatic hydroxyl groups is 1. The van der Waals surface area contributed by atoms with Crippen molar-refractivity contribution in [3.8, 4) is 0 Å². The number of aromatic nitrogens is 8. The predicted octanol–water partition coefficient (Wildman–Crippen LogP) is -1.10. The molecule has 3 aliphatic heterocycles. The van der Waals surface area contributed by atoms with E-state index in [1.807, 2.05) is 0 Å². The zero-order valence-electron chi connectivity index (χ0n) is 21.7. The van der Waals surface area contributed by atoms with E-state index >= 15 is 4.39 Å². The summed E-state index contributed by atoms with van der Waals surface area (Å²) in [5.41, 5.74) is 8.54. The molecule has 236 valence electrons. The van der Waals surface area contributed by atoms with Gasteiger partial charge in [0.15, 0.2) is 23.2 Å². The maximum absolute atomic E-state index is 16.1. The fourth-order valence-corrected chi connectivity index (χ4v) is 8.72. The van der Waals surface area contributed by atoms with Crippen LogP contribution in [-0.4, -0.2) is 104 Å². The molecule has 8 N–H and O–H groups in total. The Kier molecular flexibility index (Phi) is 7.06. The van der Waals surface area contributed by atoms with Gasteiger partial charge in [-0.05, 0) is 11.5 Å². The molecule has 3 fully saturated rings. The maximum atomic E-state index is 16.1. The molecule has 3 saturated heterocycles. The minimum atomic E-state index is -5.15. The number of nitrogens with zero attached hydrogens (tertiary/aromatic N) is 7. The van der Waals surface area contributed by atoms with Crippen LogP contribution < -0.4 is 17.0 Å². The maximum Gasteiger partial charge on any atom is 0.472 e. The number of aliphatic hydroxyl groups excluding tert-OH is 1. The van der Waals surface area contributed by atoms with Gasteiger partial charge in [-0.25, -0.2) is 18.9 Å². The van der Waals surface area contributed by atoms with E-state index in [9.17, 15) is 28.8 Å². The van der Waals surface area contributed by atoms with Crippen LogP contribution in [0.15, 0.2) is 11.1 Å². The average Bonchev–Trinajstić information content (AvgIpc) is 3.71. The zero-order chi connectivity index (χ0) is 31.1. The summed E-state index contributed by atoms with van der Waals surface area (Å²) in [4.78, 5) is 48.0. The fraction of sp³-hybridized carbons (Fsp3) is 0.526. The van der Waals surface area contributed by atoms with Crippen LogP contribution in [0, 0.1) is 0 Å². The van der Waals surface area contributed by atoms with E-state index < -0.39 is 82.8 Å². The van der Waals surface area contributed by atoms with Gasteiger partial charge in [0, 0.05) is 0 Å². The number of nitrogens with one attached hydrogen (secondary N) is 1. The van der Waals surface area contributed by atoms with Crippen molar-refractivity contribution in [2.24, 2.45) is 0 Å². The Bertz CT molecular complexity index is 1930. The number of hydrogen-bond donors (Lipinski definition) is 6. The summed E-state index contributed by atoms with van der Waals surface area (Å²) in [5, 5.41) is 18.5. The number of phosphoric ester groups is 1. The Balaban J connectivity index is 1.22. The van der Waals surface area contributed by atoms with E-state index in [2.05, 4.69) is 34.6 Å². The largest absolute Gasteiger partial charge is 0.472 e. The molecular formula is C19H21FN10O11P2S. The van der Waals surface area contributed by atoms with Gasteiger partial charge in [-0.3, -0.25) is 23.4 Å². The molecule has 2 bridgehead atoms. The van der Waals surface area contributed by atoms with Gasteiger partial charge >= 0.3 is 15.4 Å². The van der Waals surface area contributed by atoms with Gasteiger partial charge in [0.2, 0.25) is 5.95 Å². The number of halogens is 1. The molecule has 21 nitrogen and oxygen atoms in total. The van der Waals surface area contributed by atoms with Crippen LogP contribution >= 0.6 is 27.0 Å². The lowest BCUT2D eigenvalue weighted by Gasteiger charge is -2.27. The van der Waals surface area contributed by atoms with E-state index in [0.717, 1.165) is 22.5 Å². The smallest absolute Gasteiger partial charge is 0.387 e. The lowest BCUT2D eigenvalue weighted by Crippen LogP contribution is -2.38. The number of phosphoric acid groups is 1. The Morgan fingerprint density at radius 3 is 2.66 bits per heavy atom. The highest BCUT2D eigenvalue weighted by molar-refractivity contribution is 7.53. The third-order valence-corrected chi connectivity index (χ3v) is 11.0. The number of fused-ring (bicyclic) bond motifs is 5. The SMILES string of the molecule is Nc1nc2c(nnn2[C@@H]2O[C@@H]3COP(=O)(O)[C@H]4[C@@H](F)[C@H](c5snc6c(N)ncnc56)O[C@@H]4COP(=O)(O)O[C@@H]2[C@@H]3O)c(=O)[nH]1. The third-order valence-electron chi connectivity index (χ3n) is 7.26. The van der Waals surface area contributed by atoms with Crippen LogP contribution in [0.3, 0.4) is 0 Å². The van der Waals surface area contributed by atoms with Gasteiger partial charge in [0.25, 0.3) is 5.56 Å². The summed E-state index contributed by atoms with van der Waals surface area (Å²) in [7, 11) is -10.2. The molecule has 7 rings (SSSR count). The van der Waals surface area contributed by atoms with E-state index in [0.29, 0.717) is 0 Å². The first kappa shape index (κ1) is 29.6. The molecule has 0 saturated carbocycles. The second-order valence-corrected chi connectivity index (χ2v) is 14.1. The van der Waals surface area contributed by atoms with Crippen LogP contribution in [0.25, 0.3) is 22.2 Å². The Morgan fingerprint density at radius 1 is 1.09 bits per heavy atom. The predicted molar refractivity (Wildman–Crippen MR) is 143 cm³/mol. The van der Waals surface area contributed by atoms with Gasteiger partial charge in [-0.2, -0.15) is 14.0 Å². The van der Waals surface area contributed by atoms with Crippen molar-refractivity contribution in [1.29, 1.82) is 0 Å². The molecule has 10 atom stereocenters. The fourth-order valence-electron chi connectivity index (χ4n) is 5.26. The van der Waals surface area contributed by atoms with Crippen LogP contribution in [0.2, 0.25) is 0 Å². The summed E-state index contributed by atoms with van der Waals surface area (Å²) < 4.78 is 74.8. The average molecular weight is 678 g/mol. The molecule has 0 radical (unpaired) electrons. The number of hydrogen-bond acceptors (Lipinski definition) is 18. The quantitative estimate of drug-likeness (QED) is 0.137. The number of anilines is 2. The Morgan fingerprint density at radius 2 is 1.86 bits per heavy atom. The number of ether oxygens (including phenoxy) is 2. The molecule has 3 aliphatic rings. The van der Waals surface area contributed by atoms with Gasteiger partial charge in [-0.15, -0.1) is 5.10 Å².